The van der Waals surface area contributed by atoms with E-state index in [4.69, 9.17) is 9.84 Å². The normalized spacial score (nSPS) is 10.9. The van der Waals surface area contributed by atoms with Gasteiger partial charge in [0.15, 0.2) is 0 Å². The van der Waals surface area contributed by atoms with Gasteiger partial charge >= 0.3 is 5.97 Å². The van der Waals surface area contributed by atoms with E-state index in [1.165, 1.54) is 6.08 Å². The maximum absolute atomic E-state index is 10.6. The Morgan fingerprint density at radius 1 is 1.14 bits per heavy atom. The summed E-state index contributed by atoms with van der Waals surface area (Å²) in [5.74, 6) is -0.310. The van der Waals surface area contributed by atoms with Crippen molar-refractivity contribution in [1.82, 2.24) is 0 Å². The first kappa shape index (κ1) is 17.2. The van der Waals surface area contributed by atoms with Crippen LogP contribution in [0.2, 0.25) is 0 Å². The van der Waals surface area contributed by atoms with Gasteiger partial charge in [0.05, 0.1) is 8.95 Å². The molecule has 0 heterocycles. The number of carbonyl (C=O) groups is 1. The molecule has 2 rings (SSSR count). The molecule has 0 saturated carbocycles. The lowest BCUT2D eigenvalue weighted by molar-refractivity contribution is -0.131. The molecule has 0 unspecified atom stereocenters. The predicted octanol–water partition coefficient (Wildman–Crippen LogP) is 5.65. The molecule has 2 aromatic carbocycles. The smallest absolute Gasteiger partial charge is 0.328 e. The standard InChI is InChI=1S/C16H11Br3O3/c17-12-3-1-2-11(6-12)9-22-16-13(18)7-10(8-14(16)19)4-5-15(20)21/h1-8H,9H2,(H,20,21)/b5-4+. The van der Waals surface area contributed by atoms with Crippen molar-refractivity contribution in [2.24, 2.45) is 0 Å². The van der Waals surface area contributed by atoms with Crippen LogP contribution in [-0.2, 0) is 11.4 Å². The molecular formula is C16H11Br3O3. The summed E-state index contributed by atoms with van der Waals surface area (Å²) in [6.45, 7) is 0.431. The average molecular weight is 491 g/mol. The zero-order valence-corrected chi connectivity index (χ0v) is 16.0. The van der Waals surface area contributed by atoms with Gasteiger partial charge in [-0.25, -0.2) is 4.79 Å². The minimum Gasteiger partial charge on any atom is -0.487 e. The first-order valence-corrected chi connectivity index (χ1v) is 8.61. The molecule has 3 nitrogen and oxygen atoms in total. The van der Waals surface area contributed by atoms with E-state index in [2.05, 4.69) is 47.8 Å². The molecule has 0 aliphatic rings. The fraction of sp³-hybridized carbons (Fsp3) is 0.0625. The van der Waals surface area contributed by atoms with Crippen LogP contribution in [0, 0.1) is 0 Å². The van der Waals surface area contributed by atoms with E-state index in [9.17, 15) is 4.79 Å². The van der Waals surface area contributed by atoms with Crippen LogP contribution in [-0.4, -0.2) is 11.1 Å². The van der Waals surface area contributed by atoms with Crippen molar-refractivity contribution in [1.29, 1.82) is 0 Å². The third-order valence-corrected chi connectivity index (χ3v) is 4.38. The molecular weight excluding hydrogens is 480 g/mol. The van der Waals surface area contributed by atoms with Gasteiger partial charge in [-0.3, -0.25) is 0 Å². The summed E-state index contributed by atoms with van der Waals surface area (Å²) in [6, 6.07) is 11.5. The summed E-state index contributed by atoms with van der Waals surface area (Å²) in [6.07, 6.45) is 2.62. The van der Waals surface area contributed by atoms with Crippen LogP contribution in [0.1, 0.15) is 11.1 Å². The minimum atomic E-state index is -0.984. The highest BCUT2D eigenvalue weighted by Gasteiger charge is 2.09. The quantitative estimate of drug-likeness (QED) is 0.551. The molecule has 2 aromatic rings. The van der Waals surface area contributed by atoms with Gasteiger partial charge in [-0.2, -0.15) is 0 Å². The Hall–Kier alpha value is -1.11. The number of ether oxygens (including phenoxy) is 1. The minimum absolute atomic E-state index is 0.431. The van der Waals surface area contributed by atoms with Gasteiger partial charge in [-0.05, 0) is 73.3 Å². The molecule has 0 aliphatic carbocycles. The molecule has 0 aliphatic heterocycles. The first-order valence-electron chi connectivity index (χ1n) is 6.23. The number of aliphatic carboxylic acids is 1. The van der Waals surface area contributed by atoms with E-state index in [1.807, 2.05) is 24.3 Å². The second-order valence-electron chi connectivity index (χ2n) is 4.40. The molecule has 0 atom stereocenters. The summed E-state index contributed by atoms with van der Waals surface area (Å²) < 4.78 is 8.34. The summed E-state index contributed by atoms with van der Waals surface area (Å²) in [4.78, 5) is 10.6. The lowest BCUT2D eigenvalue weighted by Crippen LogP contribution is -1.97. The van der Waals surface area contributed by atoms with Gasteiger partial charge in [0.25, 0.3) is 0 Å². The Morgan fingerprint density at radius 3 is 2.41 bits per heavy atom. The average Bonchev–Trinajstić information content (AvgIpc) is 2.44. The van der Waals surface area contributed by atoms with Crippen LogP contribution >= 0.6 is 47.8 Å². The van der Waals surface area contributed by atoms with Gasteiger partial charge in [-0.1, -0.05) is 28.1 Å². The molecule has 0 fully saturated rings. The fourth-order valence-corrected chi connectivity index (χ4v) is 3.66. The molecule has 0 spiro atoms. The van der Waals surface area contributed by atoms with E-state index in [-0.39, 0.29) is 0 Å². The van der Waals surface area contributed by atoms with Gasteiger partial charge in [0.1, 0.15) is 12.4 Å². The Morgan fingerprint density at radius 2 is 1.82 bits per heavy atom. The Balaban J connectivity index is 2.16. The number of carboxylic acid groups (broad SMARTS) is 1. The van der Waals surface area contributed by atoms with Crippen LogP contribution < -0.4 is 4.74 Å². The van der Waals surface area contributed by atoms with Crippen LogP contribution in [0.15, 0.2) is 55.9 Å². The van der Waals surface area contributed by atoms with Crippen LogP contribution in [0.3, 0.4) is 0 Å². The van der Waals surface area contributed by atoms with Gasteiger partial charge in [0, 0.05) is 10.5 Å². The molecule has 114 valence electrons. The highest BCUT2D eigenvalue weighted by molar-refractivity contribution is 9.11. The molecule has 0 radical (unpaired) electrons. The van der Waals surface area contributed by atoms with E-state index in [0.717, 1.165) is 30.6 Å². The summed E-state index contributed by atoms with van der Waals surface area (Å²) in [5, 5.41) is 8.66. The second-order valence-corrected chi connectivity index (χ2v) is 7.03. The van der Waals surface area contributed by atoms with Crippen molar-refractivity contribution in [3.63, 3.8) is 0 Å². The fourth-order valence-electron chi connectivity index (χ4n) is 1.76. The number of hydrogen-bond donors (Lipinski definition) is 1. The maximum Gasteiger partial charge on any atom is 0.328 e. The van der Waals surface area contributed by atoms with Gasteiger partial charge in [-0.15, -0.1) is 0 Å². The monoisotopic (exact) mass is 488 g/mol. The number of hydrogen-bond acceptors (Lipinski definition) is 2. The third-order valence-electron chi connectivity index (χ3n) is 2.71. The SMILES string of the molecule is O=C(O)/C=C/c1cc(Br)c(OCc2cccc(Br)c2)c(Br)c1. The molecule has 0 bridgehead atoms. The molecule has 1 N–H and O–H groups in total. The highest BCUT2D eigenvalue weighted by atomic mass is 79.9. The van der Waals surface area contributed by atoms with Crippen LogP contribution in [0.25, 0.3) is 6.08 Å². The Labute approximate surface area is 153 Å². The maximum atomic E-state index is 10.6. The van der Waals surface area contributed by atoms with Crippen LogP contribution in [0.4, 0.5) is 0 Å². The molecule has 0 amide bonds. The van der Waals surface area contributed by atoms with Gasteiger partial charge < -0.3 is 9.84 Å². The molecule has 0 saturated heterocycles. The van der Waals surface area contributed by atoms with Crippen molar-refractivity contribution in [3.8, 4) is 5.75 Å². The number of halogens is 3. The molecule has 6 heteroatoms. The number of carboxylic acids is 1. The Bertz CT molecular complexity index is 703. The van der Waals surface area contributed by atoms with Crippen molar-refractivity contribution in [2.45, 2.75) is 6.61 Å². The second kappa shape index (κ2) is 7.94. The van der Waals surface area contributed by atoms with Crippen LogP contribution in [0.5, 0.6) is 5.75 Å². The Kier molecular flexibility index (Phi) is 6.23. The molecule has 0 aromatic heterocycles. The largest absolute Gasteiger partial charge is 0.487 e. The third kappa shape index (κ3) is 4.97. The van der Waals surface area contributed by atoms with E-state index in [1.54, 1.807) is 12.1 Å². The lowest BCUT2D eigenvalue weighted by Gasteiger charge is -2.11. The van der Waals surface area contributed by atoms with Gasteiger partial charge in [0.2, 0.25) is 0 Å². The summed E-state index contributed by atoms with van der Waals surface area (Å²) in [5.41, 5.74) is 1.80. The van der Waals surface area contributed by atoms with Crippen molar-refractivity contribution in [3.05, 3.63) is 67.0 Å². The summed E-state index contributed by atoms with van der Waals surface area (Å²) in [7, 11) is 0. The lowest BCUT2D eigenvalue weighted by atomic mass is 10.2. The number of benzene rings is 2. The van der Waals surface area contributed by atoms with E-state index >= 15 is 0 Å². The zero-order valence-electron chi connectivity index (χ0n) is 11.2. The van der Waals surface area contributed by atoms with Crippen molar-refractivity contribution < 1.29 is 14.6 Å². The predicted molar refractivity (Wildman–Crippen MR) is 97.0 cm³/mol. The summed E-state index contributed by atoms with van der Waals surface area (Å²) >= 11 is 10.3. The highest BCUT2D eigenvalue weighted by Crippen LogP contribution is 2.35. The number of rotatable bonds is 5. The topological polar surface area (TPSA) is 46.5 Å². The van der Waals surface area contributed by atoms with Crippen molar-refractivity contribution in [2.75, 3.05) is 0 Å². The van der Waals surface area contributed by atoms with Crippen molar-refractivity contribution >= 4 is 59.8 Å². The van der Waals surface area contributed by atoms with E-state index in [0.29, 0.717) is 12.4 Å². The zero-order chi connectivity index (χ0) is 16.1. The van der Waals surface area contributed by atoms with E-state index < -0.39 is 5.97 Å². The molecule has 22 heavy (non-hydrogen) atoms. The first-order chi connectivity index (χ1) is 10.5.